The molecule has 0 amide bonds. The lowest BCUT2D eigenvalue weighted by Crippen LogP contribution is -2.69. The summed E-state index contributed by atoms with van der Waals surface area (Å²) in [6, 6.07) is 12.3. The van der Waals surface area contributed by atoms with E-state index in [1.807, 2.05) is 0 Å². The Balaban J connectivity index is 1.69. The first kappa shape index (κ1) is 54.9. The smallest absolute Gasteiger partial charge is 0.354 e. The number of halogens is 24. The predicted molar refractivity (Wildman–Crippen MR) is 219 cm³/mol. The average molecular weight is 1090 g/mol. The van der Waals surface area contributed by atoms with Gasteiger partial charge in [0.15, 0.2) is 5.83 Å². The Kier molecular flexibility index (Phi) is 12.9. The van der Waals surface area contributed by atoms with Gasteiger partial charge in [0.2, 0.25) is 5.83 Å². The van der Waals surface area contributed by atoms with Crippen molar-refractivity contribution in [2.75, 3.05) is 0 Å². The Labute approximate surface area is 396 Å². The van der Waals surface area contributed by atoms with Crippen LogP contribution in [0.15, 0.2) is 78.6 Å². The monoisotopic (exact) mass is 1090 g/mol. The van der Waals surface area contributed by atoms with Crippen molar-refractivity contribution in [3.8, 4) is 22.3 Å². The normalized spacial score (nSPS) is 15.0. The fourth-order valence-corrected chi connectivity index (χ4v) is 7.66. The van der Waals surface area contributed by atoms with Crippen LogP contribution in [0.1, 0.15) is 45.0 Å². The first-order valence-electron chi connectivity index (χ1n) is 20.2. The molecule has 74 heavy (non-hydrogen) atoms. The van der Waals surface area contributed by atoms with Crippen molar-refractivity contribution < 1.29 is 105 Å². The molecule has 2 N–H and O–H groups in total. The van der Waals surface area contributed by atoms with E-state index in [9.17, 15) is 61.5 Å². The number of fused-ring (bicyclic) bond motifs is 8. The van der Waals surface area contributed by atoms with Gasteiger partial charge in [-0.3, -0.25) is 0 Å². The summed E-state index contributed by atoms with van der Waals surface area (Å²) in [5, 5.41) is 0. The van der Waals surface area contributed by atoms with Crippen molar-refractivity contribution in [1.29, 1.82) is 0 Å². The highest BCUT2D eigenvalue weighted by molar-refractivity contribution is 5.96. The molecule has 5 aromatic rings. The van der Waals surface area contributed by atoms with Crippen molar-refractivity contribution in [3.05, 3.63) is 124 Å². The molecule has 7 rings (SSSR count). The van der Waals surface area contributed by atoms with Gasteiger partial charge in [0.05, 0.1) is 44.9 Å². The van der Waals surface area contributed by atoms with Crippen molar-refractivity contribution in [2.45, 2.75) is 73.6 Å². The molecule has 2 aliphatic rings. The molecule has 0 unspecified atom stereocenters. The number of alkyl halides is 22. The standard InChI is InChI=1S/C46H24F24N4/c1-19-5-3-7-21(17-19)31-23-9-11-27(71-23)33(35(47)36(48)38(51,52)40(55,56)43(61,62)45(65,66)67)28-12-10-24(72-28)32(22-8-4-6-20(2)18-22)26-14-16-30(74-26)34(29-15-13-25(31)73-29)37(49,50)39(53,54)41(57,58)42(59,60)44(63,64)46(68,69)70/h3-18,71,74H,1-2H3/b31-23?,31-25?,32-24?,32-26?,33-27?,33-28?,34-29?,34-30?,36-35+. The number of allylic oxidation sites excluding steroid dienone is 1. The van der Waals surface area contributed by atoms with Gasteiger partial charge in [0.25, 0.3) is 0 Å². The summed E-state index contributed by atoms with van der Waals surface area (Å²) in [5.74, 6) is -69.9. The van der Waals surface area contributed by atoms with Crippen LogP contribution in [0.5, 0.6) is 0 Å². The minimum Gasteiger partial charge on any atom is -0.354 e. The van der Waals surface area contributed by atoms with Gasteiger partial charge in [-0.15, -0.1) is 0 Å². The van der Waals surface area contributed by atoms with E-state index in [0.29, 0.717) is 36.4 Å². The SMILES string of the molecule is Cc1cccc(-c2c3nc(c(C(F)(F)C(F)(F)C(F)(F)C(F)(F)C(F)(F)C(F)(F)F)c4ccc([nH]4)c(-c4cccc(C)c4)c4nc(c(/C(F)=C(\F)C(F)(F)C(F)(F)C(F)(F)C(F)(F)F)c5ccc2[nH]5)C=C4)C=C3)c1. The molecule has 0 spiro atoms. The van der Waals surface area contributed by atoms with Crippen LogP contribution in [0.25, 0.3) is 74.5 Å². The summed E-state index contributed by atoms with van der Waals surface area (Å²) in [6.07, 6.45) is -13.0. The molecule has 0 aliphatic carbocycles. The Hall–Kier alpha value is -6.90. The molecule has 5 heterocycles. The van der Waals surface area contributed by atoms with Gasteiger partial charge in [-0.1, -0.05) is 59.7 Å². The maximum Gasteiger partial charge on any atom is 0.460 e. The largest absolute Gasteiger partial charge is 0.460 e. The fraction of sp³-hybridized carbons (Fsp3) is 0.261. The van der Waals surface area contributed by atoms with Gasteiger partial charge in [-0.2, -0.15) is 96.6 Å². The van der Waals surface area contributed by atoms with Gasteiger partial charge < -0.3 is 9.97 Å². The number of benzene rings is 2. The van der Waals surface area contributed by atoms with Gasteiger partial charge in [0, 0.05) is 22.2 Å². The molecule has 396 valence electrons. The van der Waals surface area contributed by atoms with Crippen LogP contribution in [0.4, 0.5) is 105 Å². The predicted octanol–water partition coefficient (Wildman–Crippen LogP) is 16.9. The number of rotatable bonds is 11. The van der Waals surface area contributed by atoms with E-state index in [2.05, 4.69) is 19.9 Å². The first-order valence-corrected chi connectivity index (χ1v) is 20.2. The number of nitrogens with one attached hydrogen (secondary N) is 2. The molecule has 2 aromatic carbocycles. The lowest BCUT2D eigenvalue weighted by molar-refractivity contribution is -0.441. The number of aromatic nitrogens is 4. The topological polar surface area (TPSA) is 57.4 Å². The quantitative estimate of drug-likeness (QED) is 0.127. The maximum atomic E-state index is 16.7. The third kappa shape index (κ3) is 8.16. The van der Waals surface area contributed by atoms with E-state index in [-0.39, 0.29) is 22.3 Å². The minimum atomic E-state index is -8.32. The zero-order valence-electron chi connectivity index (χ0n) is 36.2. The second-order valence-electron chi connectivity index (χ2n) is 16.5. The Bertz CT molecular complexity index is 3290. The highest BCUT2D eigenvalue weighted by Gasteiger charge is 2.91. The Morgan fingerprint density at radius 2 is 0.784 bits per heavy atom. The molecule has 2 aliphatic heterocycles. The number of hydrogen-bond acceptors (Lipinski definition) is 2. The first-order chi connectivity index (χ1) is 33.7. The summed E-state index contributed by atoms with van der Waals surface area (Å²) in [7, 11) is 0. The van der Waals surface area contributed by atoms with E-state index in [4.69, 9.17) is 0 Å². The molecule has 4 nitrogen and oxygen atoms in total. The molecule has 0 atom stereocenters. The van der Waals surface area contributed by atoms with Crippen LogP contribution in [-0.2, 0) is 5.92 Å². The van der Waals surface area contributed by atoms with Gasteiger partial charge in [0.1, 0.15) is 0 Å². The summed E-state index contributed by atoms with van der Waals surface area (Å²) >= 11 is 0. The number of hydrogen-bond donors (Lipinski definition) is 2. The van der Waals surface area contributed by atoms with Crippen molar-refractivity contribution in [3.63, 3.8) is 0 Å². The molecule has 0 saturated heterocycles. The Morgan fingerprint density at radius 3 is 1.24 bits per heavy atom. The van der Waals surface area contributed by atoms with Crippen LogP contribution in [0.2, 0.25) is 0 Å². The van der Waals surface area contributed by atoms with Crippen LogP contribution in [0, 0.1) is 13.8 Å². The zero-order valence-corrected chi connectivity index (χ0v) is 36.2. The van der Waals surface area contributed by atoms with Crippen LogP contribution in [-0.4, -0.2) is 73.7 Å². The van der Waals surface area contributed by atoms with E-state index in [0.717, 1.165) is 24.3 Å². The zero-order chi connectivity index (χ0) is 55.5. The van der Waals surface area contributed by atoms with Crippen LogP contribution >= 0.6 is 0 Å². The molecule has 0 fully saturated rings. The molecule has 0 radical (unpaired) electrons. The molecule has 8 bridgehead atoms. The third-order valence-electron chi connectivity index (χ3n) is 11.4. The highest BCUT2D eigenvalue weighted by Crippen LogP contribution is 2.63. The lowest BCUT2D eigenvalue weighted by Gasteiger charge is -2.39. The average Bonchev–Trinajstić information content (AvgIpc) is 4.13. The summed E-state index contributed by atoms with van der Waals surface area (Å²) in [4.78, 5) is 12.1. The number of aromatic amines is 2. The third-order valence-corrected chi connectivity index (χ3v) is 11.4. The van der Waals surface area contributed by atoms with Gasteiger partial charge >= 0.3 is 59.7 Å². The molecule has 3 aromatic heterocycles. The number of aryl methyl sites for hydroxylation is 2. The number of H-pyrrole nitrogens is 2. The summed E-state index contributed by atoms with van der Waals surface area (Å²) < 4.78 is 351. The fourth-order valence-electron chi connectivity index (χ4n) is 7.66. The number of nitrogens with zero attached hydrogens (tertiary/aromatic N) is 2. The van der Waals surface area contributed by atoms with Crippen molar-refractivity contribution >= 4 is 52.2 Å². The van der Waals surface area contributed by atoms with Crippen molar-refractivity contribution in [1.82, 2.24) is 19.9 Å². The van der Waals surface area contributed by atoms with E-state index in [1.54, 1.807) is 0 Å². The van der Waals surface area contributed by atoms with Gasteiger partial charge in [-0.25, -0.2) is 18.7 Å². The molecular formula is C46H24F24N4. The van der Waals surface area contributed by atoms with Gasteiger partial charge in [-0.05, 0) is 73.5 Å². The molecule has 0 saturated carbocycles. The van der Waals surface area contributed by atoms with Crippen LogP contribution in [0.3, 0.4) is 0 Å². The summed E-state index contributed by atoms with van der Waals surface area (Å²) in [6.45, 7) is 2.79. The second kappa shape index (κ2) is 17.3. The minimum absolute atomic E-state index is 0.194. The van der Waals surface area contributed by atoms with Crippen molar-refractivity contribution in [2.24, 2.45) is 0 Å². The lowest BCUT2D eigenvalue weighted by atomic mass is 9.90. The van der Waals surface area contributed by atoms with E-state index >= 15 is 43.9 Å². The van der Waals surface area contributed by atoms with E-state index in [1.165, 1.54) is 50.2 Å². The molecule has 28 heteroatoms. The molecular weight excluding hydrogens is 1060 g/mol. The second-order valence-corrected chi connectivity index (χ2v) is 16.5. The van der Waals surface area contributed by atoms with Crippen LogP contribution < -0.4 is 0 Å². The maximum absolute atomic E-state index is 16.7. The summed E-state index contributed by atoms with van der Waals surface area (Å²) in [5.41, 5.74) is -13.5. The van der Waals surface area contributed by atoms with E-state index < -0.39 is 138 Å². The Morgan fingerprint density at radius 1 is 0.405 bits per heavy atom. The highest BCUT2D eigenvalue weighted by atomic mass is 19.4.